The predicted molar refractivity (Wildman–Crippen MR) is 87.1 cm³/mol. The Bertz CT molecular complexity index is 733. The molecule has 1 aromatic heterocycles. The van der Waals surface area contributed by atoms with Gasteiger partial charge in [0.1, 0.15) is 0 Å². The third-order valence-corrected chi connectivity index (χ3v) is 5.23. The summed E-state index contributed by atoms with van der Waals surface area (Å²) >= 11 is 1.24. The van der Waals surface area contributed by atoms with Crippen molar-refractivity contribution in [2.75, 3.05) is 26.2 Å². The minimum Gasteiger partial charge on any atom is -0.314 e. The normalized spacial score (nSPS) is 18.1. The lowest BCUT2D eigenvalue weighted by Gasteiger charge is -2.36. The van der Waals surface area contributed by atoms with Crippen LogP contribution in [-0.2, 0) is 12.4 Å². The Morgan fingerprint density at radius 3 is 2.19 bits per heavy atom. The molecule has 0 radical (unpaired) electrons. The number of piperazine rings is 1. The Balaban J connectivity index is 2.17. The number of alkyl halides is 6. The topological polar surface area (TPSA) is 15.3 Å². The second-order valence-electron chi connectivity index (χ2n) is 6.00. The van der Waals surface area contributed by atoms with Crippen molar-refractivity contribution in [2.45, 2.75) is 18.4 Å². The van der Waals surface area contributed by atoms with Crippen LogP contribution in [0.3, 0.4) is 0 Å². The molecule has 1 aliphatic rings. The van der Waals surface area contributed by atoms with Gasteiger partial charge in [-0.25, -0.2) is 0 Å². The third kappa shape index (κ3) is 4.05. The van der Waals surface area contributed by atoms with Crippen LogP contribution in [0.25, 0.3) is 0 Å². The molecule has 0 saturated carbocycles. The van der Waals surface area contributed by atoms with Gasteiger partial charge in [-0.05, 0) is 35.2 Å². The van der Waals surface area contributed by atoms with E-state index < -0.39 is 29.5 Å². The molecule has 0 unspecified atom stereocenters. The molecule has 9 heteroatoms. The van der Waals surface area contributed by atoms with E-state index in [1.807, 2.05) is 0 Å². The highest BCUT2D eigenvalue weighted by Crippen LogP contribution is 2.42. The zero-order valence-corrected chi connectivity index (χ0v) is 14.3. The van der Waals surface area contributed by atoms with E-state index in [0.717, 1.165) is 0 Å². The van der Waals surface area contributed by atoms with Crippen LogP contribution in [0.1, 0.15) is 27.6 Å². The van der Waals surface area contributed by atoms with E-state index in [2.05, 4.69) is 5.32 Å². The summed E-state index contributed by atoms with van der Waals surface area (Å²) in [6, 6.07) is 4.18. The van der Waals surface area contributed by atoms with Crippen molar-refractivity contribution in [1.29, 1.82) is 0 Å². The molecule has 142 valence electrons. The van der Waals surface area contributed by atoms with Crippen molar-refractivity contribution in [2.24, 2.45) is 0 Å². The largest absolute Gasteiger partial charge is 0.416 e. The molecule has 26 heavy (non-hydrogen) atoms. The molecule has 1 N–H and O–H groups in total. The summed E-state index contributed by atoms with van der Waals surface area (Å²) in [6.07, 6.45) is -9.44. The molecule has 2 nitrogen and oxygen atoms in total. The van der Waals surface area contributed by atoms with Crippen LogP contribution in [0.5, 0.6) is 0 Å². The first-order valence-electron chi connectivity index (χ1n) is 7.94. The van der Waals surface area contributed by atoms with Gasteiger partial charge in [-0.15, -0.1) is 11.3 Å². The molecule has 1 atom stereocenters. The van der Waals surface area contributed by atoms with Crippen molar-refractivity contribution in [3.63, 3.8) is 0 Å². The first-order chi connectivity index (χ1) is 12.2. The van der Waals surface area contributed by atoms with Gasteiger partial charge in [0.05, 0.1) is 17.2 Å². The summed E-state index contributed by atoms with van der Waals surface area (Å²) in [7, 11) is 0. The van der Waals surface area contributed by atoms with Gasteiger partial charge in [0.25, 0.3) is 0 Å². The lowest BCUT2D eigenvalue weighted by molar-refractivity contribution is -0.142. The molecule has 3 rings (SSSR count). The Morgan fingerprint density at radius 1 is 0.962 bits per heavy atom. The van der Waals surface area contributed by atoms with E-state index in [1.165, 1.54) is 11.3 Å². The van der Waals surface area contributed by atoms with Gasteiger partial charge in [-0.2, -0.15) is 26.3 Å². The van der Waals surface area contributed by atoms with Crippen LogP contribution in [-0.4, -0.2) is 31.1 Å². The number of rotatable bonds is 3. The van der Waals surface area contributed by atoms with Crippen molar-refractivity contribution < 1.29 is 26.3 Å². The standard InChI is InChI=1S/C17H16F6N2S/c18-16(19,20)11-3-4-13(17(21,22)23)12(10-11)15(14-2-1-9-26-14)25-7-5-24-6-8-25/h1-4,9-10,15,24H,5-8H2/t15-/m0/s1. The smallest absolute Gasteiger partial charge is 0.314 e. The van der Waals surface area contributed by atoms with Crippen LogP contribution in [0.4, 0.5) is 26.3 Å². The van der Waals surface area contributed by atoms with Crippen LogP contribution >= 0.6 is 11.3 Å². The summed E-state index contributed by atoms with van der Waals surface area (Å²) in [6.45, 7) is 2.05. The molecule has 0 bridgehead atoms. The van der Waals surface area contributed by atoms with Gasteiger partial charge in [-0.3, -0.25) is 4.90 Å². The molecule has 1 aliphatic heterocycles. The molecular weight excluding hydrogens is 378 g/mol. The molecular formula is C17H16F6N2S. The number of benzene rings is 1. The lowest BCUT2D eigenvalue weighted by Crippen LogP contribution is -2.45. The highest BCUT2D eigenvalue weighted by molar-refractivity contribution is 7.10. The van der Waals surface area contributed by atoms with Crippen molar-refractivity contribution in [3.05, 3.63) is 57.3 Å². The van der Waals surface area contributed by atoms with Gasteiger partial charge in [0, 0.05) is 31.1 Å². The lowest BCUT2D eigenvalue weighted by atomic mass is 9.94. The van der Waals surface area contributed by atoms with Crippen LogP contribution < -0.4 is 5.32 Å². The third-order valence-electron chi connectivity index (χ3n) is 4.31. The summed E-state index contributed by atoms with van der Waals surface area (Å²) < 4.78 is 80.0. The highest BCUT2D eigenvalue weighted by Gasteiger charge is 2.40. The fraction of sp³-hybridized carbons (Fsp3) is 0.412. The maximum absolute atomic E-state index is 13.5. The Morgan fingerprint density at radius 2 is 1.65 bits per heavy atom. The van der Waals surface area contributed by atoms with E-state index in [1.54, 1.807) is 22.4 Å². The minimum absolute atomic E-state index is 0.350. The van der Waals surface area contributed by atoms with E-state index in [0.29, 0.717) is 49.3 Å². The molecule has 2 heterocycles. The maximum atomic E-state index is 13.5. The number of nitrogens with zero attached hydrogens (tertiary/aromatic N) is 1. The molecule has 1 saturated heterocycles. The second kappa shape index (κ2) is 7.21. The molecule has 0 amide bonds. The fourth-order valence-corrected chi connectivity index (χ4v) is 4.02. The van der Waals surface area contributed by atoms with Crippen LogP contribution in [0.2, 0.25) is 0 Å². The van der Waals surface area contributed by atoms with E-state index >= 15 is 0 Å². The van der Waals surface area contributed by atoms with Gasteiger partial charge in [-0.1, -0.05) is 6.07 Å². The molecule has 2 aromatic rings. The zero-order chi connectivity index (χ0) is 18.9. The fourth-order valence-electron chi connectivity index (χ4n) is 3.14. The minimum atomic E-state index is -4.73. The SMILES string of the molecule is FC(F)(F)c1ccc(C(F)(F)F)c([C@@H](c2cccs2)N2CCNCC2)c1. The van der Waals surface area contributed by atoms with Crippen LogP contribution in [0.15, 0.2) is 35.7 Å². The second-order valence-corrected chi connectivity index (χ2v) is 6.98. The first kappa shape index (κ1) is 19.2. The Kier molecular flexibility index (Phi) is 5.32. The highest BCUT2D eigenvalue weighted by atomic mass is 32.1. The predicted octanol–water partition coefficient (Wildman–Crippen LogP) is 4.78. The van der Waals surface area contributed by atoms with E-state index in [9.17, 15) is 26.3 Å². The average Bonchev–Trinajstić information content (AvgIpc) is 3.08. The van der Waals surface area contributed by atoms with E-state index in [4.69, 9.17) is 0 Å². The van der Waals surface area contributed by atoms with E-state index in [-0.39, 0.29) is 5.56 Å². The summed E-state index contributed by atoms with van der Waals surface area (Å²) in [4.78, 5) is 2.39. The number of halogens is 6. The molecule has 1 fully saturated rings. The molecule has 1 aromatic carbocycles. The summed E-state index contributed by atoms with van der Waals surface area (Å²) in [5, 5.41) is 4.82. The average molecular weight is 394 g/mol. The number of hydrogen-bond acceptors (Lipinski definition) is 3. The first-order valence-corrected chi connectivity index (χ1v) is 8.82. The van der Waals surface area contributed by atoms with Gasteiger partial charge < -0.3 is 5.32 Å². The van der Waals surface area contributed by atoms with Crippen LogP contribution in [0, 0.1) is 0 Å². The maximum Gasteiger partial charge on any atom is 0.416 e. The number of hydrogen-bond donors (Lipinski definition) is 1. The van der Waals surface area contributed by atoms with Gasteiger partial charge >= 0.3 is 12.4 Å². The number of thiophene rings is 1. The van der Waals surface area contributed by atoms with Crippen molar-refractivity contribution in [1.82, 2.24) is 10.2 Å². The number of nitrogens with one attached hydrogen (secondary N) is 1. The zero-order valence-electron chi connectivity index (χ0n) is 13.5. The summed E-state index contributed by atoms with van der Waals surface area (Å²) in [5.74, 6) is 0. The quantitative estimate of drug-likeness (QED) is 0.754. The molecule has 0 aliphatic carbocycles. The summed E-state index contributed by atoms with van der Waals surface area (Å²) in [5.41, 5.74) is -2.45. The van der Waals surface area contributed by atoms with Gasteiger partial charge in [0.2, 0.25) is 0 Å². The monoisotopic (exact) mass is 394 g/mol. The van der Waals surface area contributed by atoms with Crippen molar-refractivity contribution in [3.8, 4) is 0 Å². The van der Waals surface area contributed by atoms with Crippen molar-refractivity contribution >= 4 is 11.3 Å². The van der Waals surface area contributed by atoms with Gasteiger partial charge in [0.15, 0.2) is 0 Å². The molecule has 0 spiro atoms. The Labute approximate surface area is 150 Å². The Hall–Kier alpha value is -1.58.